The van der Waals surface area contributed by atoms with Crippen molar-refractivity contribution in [2.75, 3.05) is 0 Å². The van der Waals surface area contributed by atoms with E-state index in [0.29, 0.717) is 16.7 Å². The minimum Gasteiger partial charge on any atom is -0.456 e. The summed E-state index contributed by atoms with van der Waals surface area (Å²) in [5, 5.41) is 1.19. The number of hydrogen-bond acceptors (Lipinski definition) is 5. The highest BCUT2D eigenvalue weighted by Gasteiger charge is 2.20. The first-order valence-corrected chi connectivity index (χ1v) is 16.5. The first kappa shape index (κ1) is 17.3. The molecule has 0 spiro atoms. The van der Waals surface area contributed by atoms with Crippen molar-refractivity contribution in [3.8, 4) is 39.9 Å². The van der Waals surface area contributed by atoms with Gasteiger partial charge in [-0.05, 0) is 53.5 Å². The lowest BCUT2D eigenvalue weighted by atomic mass is 9.99. The second kappa shape index (κ2) is 10.9. The molecular formula is C45H26N4OS. The van der Waals surface area contributed by atoms with Gasteiger partial charge >= 0.3 is 0 Å². The van der Waals surface area contributed by atoms with Gasteiger partial charge in [-0.1, -0.05) is 115 Å². The lowest BCUT2D eigenvalue weighted by Gasteiger charge is -2.11. The van der Waals surface area contributed by atoms with Crippen LogP contribution < -0.4 is 0 Å². The van der Waals surface area contributed by atoms with E-state index in [2.05, 4.69) is 9.97 Å². The van der Waals surface area contributed by atoms with Gasteiger partial charge in [-0.25, -0.2) is 4.98 Å². The third-order valence-electron chi connectivity index (χ3n) is 8.81. The molecule has 0 unspecified atom stereocenters. The van der Waals surface area contributed by atoms with Gasteiger partial charge in [-0.3, -0.25) is 4.57 Å². The molecule has 11 aromatic rings. The maximum absolute atomic E-state index is 9.75. The van der Waals surface area contributed by atoms with Gasteiger partial charge in [-0.15, -0.1) is 11.3 Å². The van der Waals surface area contributed by atoms with Crippen LogP contribution in [0.15, 0.2) is 162 Å². The Balaban J connectivity index is 1.28. The second-order valence-corrected chi connectivity index (χ2v) is 12.7. The first-order chi connectivity index (χ1) is 31.5. The molecular weight excluding hydrogens is 645 g/mol. The topological polar surface area (TPSA) is 56.7 Å². The van der Waals surface area contributed by atoms with Crippen molar-refractivity contribution in [1.29, 1.82) is 0 Å². The van der Waals surface area contributed by atoms with E-state index in [9.17, 15) is 4.11 Å². The number of furan rings is 1. The average Bonchev–Trinajstić information content (AvgIpc) is 4.03. The molecule has 0 bridgehead atoms. The zero-order chi connectivity index (χ0) is 46.5. The Morgan fingerprint density at radius 1 is 0.529 bits per heavy atom. The Labute approximate surface area is 316 Å². The highest BCUT2D eigenvalue weighted by Crippen LogP contribution is 2.41. The van der Waals surface area contributed by atoms with E-state index >= 15 is 0 Å². The summed E-state index contributed by atoms with van der Waals surface area (Å²) in [6.45, 7) is 0. The lowest BCUT2D eigenvalue weighted by molar-refractivity contribution is 0.669. The van der Waals surface area contributed by atoms with Gasteiger partial charge in [0.05, 0.1) is 31.6 Å². The number of nitrogens with zero attached hydrogens (tertiary/aromatic N) is 4. The Hall–Kier alpha value is -6.63. The largest absolute Gasteiger partial charge is 0.456 e. The molecule has 238 valence electrons. The van der Waals surface area contributed by atoms with Crippen LogP contribution in [0.5, 0.6) is 0 Å². The maximum atomic E-state index is 9.75. The summed E-state index contributed by atoms with van der Waals surface area (Å²) in [4.78, 5) is 14.2. The van der Waals surface area contributed by atoms with Gasteiger partial charge in [0, 0.05) is 52.8 Å². The molecule has 0 atom stereocenters. The zero-order valence-electron chi connectivity index (χ0n) is 41.0. The van der Waals surface area contributed by atoms with Gasteiger partial charge in [0.15, 0.2) is 11.6 Å². The van der Waals surface area contributed by atoms with Gasteiger partial charge in [0.25, 0.3) is 0 Å². The third kappa shape index (κ3) is 4.37. The van der Waals surface area contributed by atoms with Crippen LogP contribution in [0.4, 0.5) is 0 Å². The standard InChI is InChI=1S/C45H26N4OS/c1-3-12-27(13-4-1)30-18-11-20-38-42(30)33-23-22-29(24-39(33)50-38)44-46-43(28-14-5-2-6-15-28)47-45(48-44)49-36-19-9-7-16-31(36)34-25-35-32-17-8-10-21-40(32)51-41(35)26-37(34)49/h1-26H/i2D,5D,6D,7D,8D,9D,10D,14D,15D,16D,17D,19D,21D,25D,26D. The smallest absolute Gasteiger partial charge is 0.238 e. The fourth-order valence-electron chi connectivity index (χ4n) is 6.59. The quantitative estimate of drug-likeness (QED) is 0.185. The minimum atomic E-state index is -0.674. The van der Waals surface area contributed by atoms with Crippen LogP contribution in [0.3, 0.4) is 0 Å². The molecule has 0 saturated heterocycles. The molecule has 0 fully saturated rings. The fourth-order valence-corrected chi connectivity index (χ4v) is 7.55. The number of hydrogen-bond donors (Lipinski definition) is 0. The van der Waals surface area contributed by atoms with Crippen LogP contribution in [-0.4, -0.2) is 19.5 Å². The van der Waals surface area contributed by atoms with E-state index in [1.54, 1.807) is 12.1 Å². The predicted octanol–water partition coefficient (Wildman–Crippen LogP) is 12.2. The first-order valence-electron chi connectivity index (χ1n) is 23.2. The summed E-state index contributed by atoms with van der Waals surface area (Å²) < 4.78 is 140. The van der Waals surface area contributed by atoms with Crippen molar-refractivity contribution >= 4 is 75.3 Å². The summed E-state index contributed by atoms with van der Waals surface area (Å²) in [5.41, 5.74) is 2.37. The maximum Gasteiger partial charge on any atom is 0.238 e. The van der Waals surface area contributed by atoms with E-state index in [-0.39, 0.29) is 65.9 Å². The molecule has 51 heavy (non-hydrogen) atoms. The summed E-state index contributed by atoms with van der Waals surface area (Å²) in [6.07, 6.45) is 0. The molecule has 5 nitrogen and oxygen atoms in total. The van der Waals surface area contributed by atoms with Crippen LogP contribution in [0.2, 0.25) is 0 Å². The monoisotopic (exact) mass is 685 g/mol. The molecule has 0 aliphatic carbocycles. The van der Waals surface area contributed by atoms with Crippen LogP contribution in [0, 0.1) is 0 Å². The van der Waals surface area contributed by atoms with E-state index in [1.807, 2.05) is 54.6 Å². The van der Waals surface area contributed by atoms with Gasteiger partial charge in [0.1, 0.15) is 11.2 Å². The van der Waals surface area contributed by atoms with Crippen molar-refractivity contribution in [1.82, 2.24) is 19.5 Å². The van der Waals surface area contributed by atoms with Crippen LogP contribution in [0.1, 0.15) is 20.6 Å². The molecule has 7 aromatic carbocycles. The van der Waals surface area contributed by atoms with Gasteiger partial charge in [-0.2, -0.15) is 9.97 Å². The second-order valence-electron chi connectivity index (χ2n) is 11.7. The zero-order valence-corrected chi connectivity index (χ0v) is 26.8. The molecule has 11 rings (SSSR count). The minimum absolute atomic E-state index is 0.0170. The molecule has 4 heterocycles. The Morgan fingerprint density at radius 2 is 1.31 bits per heavy atom. The van der Waals surface area contributed by atoms with Crippen LogP contribution in [-0.2, 0) is 0 Å². The molecule has 0 saturated carbocycles. The van der Waals surface area contributed by atoms with Crippen LogP contribution in [0.25, 0.3) is 104 Å². The van der Waals surface area contributed by atoms with Crippen molar-refractivity contribution in [2.24, 2.45) is 0 Å². The number of rotatable bonds is 4. The Kier molecular flexibility index (Phi) is 3.72. The van der Waals surface area contributed by atoms with Gasteiger partial charge in [0.2, 0.25) is 5.95 Å². The lowest BCUT2D eigenvalue weighted by Crippen LogP contribution is -2.06. The molecule has 0 amide bonds. The molecule has 0 aliphatic rings. The number of fused-ring (bicyclic) bond motifs is 9. The van der Waals surface area contributed by atoms with E-state index in [4.69, 9.17) is 25.9 Å². The van der Waals surface area contributed by atoms with Crippen molar-refractivity contribution in [3.05, 3.63) is 157 Å². The summed E-state index contributed by atoms with van der Waals surface area (Å²) in [5.74, 6) is -0.934. The van der Waals surface area contributed by atoms with E-state index in [0.717, 1.165) is 37.8 Å². The van der Waals surface area contributed by atoms with E-state index in [1.165, 1.54) is 0 Å². The molecule has 0 radical (unpaired) electrons. The highest BCUT2D eigenvalue weighted by molar-refractivity contribution is 7.25. The fraction of sp³-hybridized carbons (Fsp3) is 0. The number of aromatic nitrogens is 4. The predicted molar refractivity (Wildman–Crippen MR) is 211 cm³/mol. The Morgan fingerprint density at radius 3 is 2.20 bits per heavy atom. The van der Waals surface area contributed by atoms with E-state index < -0.39 is 89.8 Å². The SMILES string of the molecule is [2H]c1c([2H])c([2H])c(-c2nc(-c3ccc4c(c3)oc3cccc(-c5ccccc5)c34)nc(-n3c4c([2H])c([2H])c([2H])c([2H])c4c4c([2H])c5c(sc6c([2H])c([2H])c([2H])c([2H])c65)c([2H])c43)n2)c([2H])c1[2H]. The average molecular weight is 686 g/mol. The van der Waals surface area contributed by atoms with Crippen molar-refractivity contribution in [3.63, 3.8) is 0 Å². The molecule has 0 aliphatic heterocycles. The summed E-state index contributed by atoms with van der Waals surface area (Å²) >= 11 is 0.848. The van der Waals surface area contributed by atoms with Crippen molar-refractivity contribution < 1.29 is 25.0 Å². The third-order valence-corrected chi connectivity index (χ3v) is 9.83. The molecule has 0 N–H and O–H groups in total. The molecule has 6 heteroatoms. The van der Waals surface area contributed by atoms with Crippen LogP contribution >= 0.6 is 11.3 Å². The Bertz CT molecular complexity index is 3990. The number of benzene rings is 7. The number of para-hydroxylation sites is 1. The highest BCUT2D eigenvalue weighted by atomic mass is 32.1. The van der Waals surface area contributed by atoms with Crippen molar-refractivity contribution in [2.45, 2.75) is 0 Å². The normalized spacial score (nSPS) is 16.0. The number of thiophene rings is 1. The summed E-state index contributed by atoms with van der Waals surface area (Å²) in [7, 11) is 0. The van der Waals surface area contributed by atoms with Gasteiger partial charge < -0.3 is 4.42 Å². The summed E-state index contributed by atoms with van der Waals surface area (Å²) in [6, 6.07) is 12.2. The molecule has 4 aromatic heterocycles.